The largest absolute Gasteiger partial charge is 0.586 e. The van der Waals surface area contributed by atoms with Gasteiger partial charge >= 0.3 is 12.3 Å². The molecular formula is C26H29F2N5O6S. The number of hydrogen-bond donors (Lipinski definition) is 2. The van der Waals surface area contributed by atoms with Crippen LogP contribution in [0, 0.1) is 13.8 Å². The molecule has 5 rings (SSSR count). The van der Waals surface area contributed by atoms with Crippen LogP contribution in [-0.2, 0) is 21.2 Å². The average Bonchev–Trinajstić information content (AvgIpc) is 3.36. The van der Waals surface area contributed by atoms with E-state index in [4.69, 9.17) is 5.73 Å². The fraction of sp³-hybridized carbons (Fsp3) is 0.423. The number of aryl methyl sites for hydroxylation is 2. The lowest BCUT2D eigenvalue weighted by atomic mass is 9.89. The molecule has 11 nitrogen and oxygen atoms in total. The van der Waals surface area contributed by atoms with Crippen molar-refractivity contribution >= 4 is 33.5 Å². The second kappa shape index (κ2) is 9.70. The third-order valence-corrected chi connectivity index (χ3v) is 9.48. The van der Waals surface area contributed by atoms with E-state index in [0.717, 1.165) is 16.7 Å². The molecule has 0 aliphatic carbocycles. The number of benzene rings is 2. The zero-order valence-electron chi connectivity index (χ0n) is 22.2. The van der Waals surface area contributed by atoms with Crippen molar-refractivity contribution in [2.75, 3.05) is 30.8 Å². The van der Waals surface area contributed by atoms with Crippen LogP contribution in [0.4, 0.5) is 19.3 Å². The molecule has 1 saturated heterocycles. The maximum Gasteiger partial charge on any atom is 0.586 e. The number of amidine groups is 1. The first kappa shape index (κ1) is 27.8. The quantitative estimate of drug-likeness (QED) is 0.540. The third-order valence-electron chi connectivity index (χ3n) is 7.61. The number of alkyl halides is 2. The molecular weight excluding hydrogens is 548 g/mol. The van der Waals surface area contributed by atoms with Crippen LogP contribution in [0.2, 0.25) is 0 Å². The minimum Gasteiger partial charge on any atom is -0.395 e. The van der Waals surface area contributed by atoms with Gasteiger partial charge in [0.15, 0.2) is 11.5 Å². The molecule has 2 aromatic rings. The molecule has 1 fully saturated rings. The van der Waals surface area contributed by atoms with Gasteiger partial charge in [-0.1, -0.05) is 0 Å². The van der Waals surface area contributed by atoms with Gasteiger partial charge in [-0.25, -0.2) is 17.5 Å². The normalized spacial score (nSPS) is 19.4. The smallest absolute Gasteiger partial charge is 0.395 e. The van der Waals surface area contributed by atoms with Crippen molar-refractivity contribution in [3.63, 3.8) is 0 Å². The number of nitrogens with one attached hydrogen (secondary N) is 1. The predicted octanol–water partition coefficient (Wildman–Crippen LogP) is 2.42. The van der Waals surface area contributed by atoms with E-state index in [1.54, 1.807) is 19.2 Å². The highest BCUT2D eigenvalue weighted by Gasteiger charge is 2.48. The maximum absolute atomic E-state index is 13.4. The summed E-state index contributed by atoms with van der Waals surface area (Å²) in [4.78, 5) is 30.3. The lowest BCUT2D eigenvalue weighted by Gasteiger charge is -2.34. The van der Waals surface area contributed by atoms with E-state index in [9.17, 15) is 26.8 Å². The Morgan fingerprint density at radius 1 is 1.12 bits per heavy atom. The monoisotopic (exact) mass is 577 g/mol. The summed E-state index contributed by atoms with van der Waals surface area (Å²) in [6.45, 7) is 3.94. The van der Waals surface area contributed by atoms with Gasteiger partial charge in [0.05, 0.1) is 5.75 Å². The summed E-state index contributed by atoms with van der Waals surface area (Å²) in [7, 11) is -2.07. The van der Waals surface area contributed by atoms with Crippen LogP contribution in [0.25, 0.3) is 0 Å². The van der Waals surface area contributed by atoms with Crippen molar-refractivity contribution in [1.29, 1.82) is 0 Å². The number of carbonyl (C=O) groups is 2. The molecule has 214 valence electrons. The number of aliphatic imine (C=N–C) groups is 1. The van der Waals surface area contributed by atoms with Crippen LogP contribution in [0.5, 0.6) is 11.5 Å². The summed E-state index contributed by atoms with van der Waals surface area (Å²) in [5, 5.41) is 2.70. The number of halogens is 2. The maximum atomic E-state index is 13.4. The Kier molecular flexibility index (Phi) is 6.73. The number of hydrogen-bond acceptors (Lipinski definition) is 7. The second-order valence-corrected chi connectivity index (χ2v) is 12.3. The number of sulfonamides is 1. The minimum absolute atomic E-state index is 0.111. The van der Waals surface area contributed by atoms with Crippen molar-refractivity contribution in [2.24, 2.45) is 10.7 Å². The molecule has 0 atom stereocenters. The number of piperidine rings is 1. The number of primary amides is 1. The predicted molar refractivity (Wildman–Crippen MR) is 142 cm³/mol. The van der Waals surface area contributed by atoms with Gasteiger partial charge in [0.25, 0.3) is 5.91 Å². The molecule has 3 aliphatic heterocycles. The van der Waals surface area contributed by atoms with Gasteiger partial charge < -0.3 is 20.5 Å². The van der Waals surface area contributed by atoms with Crippen molar-refractivity contribution in [2.45, 2.75) is 44.9 Å². The van der Waals surface area contributed by atoms with E-state index < -0.39 is 27.9 Å². The van der Waals surface area contributed by atoms with Gasteiger partial charge in [-0.05, 0) is 80.1 Å². The Morgan fingerprint density at radius 3 is 2.38 bits per heavy atom. The lowest BCUT2D eigenvalue weighted by molar-refractivity contribution is -0.286. The SMILES string of the molecule is Cc1cc(N(C)C(N)=O)cc(C)c1CCS(=O)(=O)N1CCC2(CC1)N=C(c1ccc3c(c1)OC(F)(F)O3)NC2=O. The van der Waals surface area contributed by atoms with Gasteiger partial charge in [0.1, 0.15) is 11.4 Å². The summed E-state index contributed by atoms with van der Waals surface area (Å²) < 4.78 is 63.4. The molecule has 0 radical (unpaired) electrons. The van der Waals surface area contributed by atoms with Crippen molar-refractivity contribution in [1.82, 2.24) is 9.62 Å². The molecule has 0 bridgehead atoms. The number of fused-ring (bicyclic) bond motifs is 1. The summed E-state index contributed by atoms with van der Waals surface area (Å²) in [5.41, 5.74) is 7.81. The highest BCUT2D eigenvalue weighted by Crippen LogP contribution is 2.42. The molecule has 14 heteroatoms. The number of ether oxygens (including phenoxy) is 2. The standard InChI is InChI=1S/C26H29F2N5O6S/c1-15-12-18(32(3)24(29)35)13-16(2)19(15)6-11-40(36,37)33-9-7-25(8-10-33)23(34)30-22(31-25)17-4-5-20-21(14-17)39-26(27,28)38-20/h4-5,12-14H,6-11H2,1-3H3,(H2,29,35)(H,30,31,34). The first-order valence-electron chi connectivity index (χ1n) is 12.6. The number of anilines is 1. The van der Waals surface area contributed by atoms with E-state index in [-0.39, 0.29) is 61.3 Å². The molecule has 3 heterocycles. The Labute approximate surface area is 230 Å². The topological polar surface area (TPSA) is 144 Å². The molecule has 1 spiro atoms. The fourth-order valence-electron chi connectivity index (χ4n) is 5.27. The number of carbonyl (C=O) groups excluding carboxylic acids is 2. The summed E-state index contributed by atoms with van der Waals surface area (Å²) in [5.74, 6) is -0.559. The van der Waals surface area contributed by atoms with Gasteiger partial charge in [-0.2, -0.15) is 0 Å². The zero-order valence-corrected chi connectivity index (χ0v) is 23.0. The number of nitrogens with zero attached hydrogens (tertiary/aromatic N) is 3. The summed E-state index contributed by atoms with van der Waals surface area (Å²) in [6.07, 6.45) is -3.12. The van der Waals surface area contributed by atoms with E-state index in [1.165, 1.54) is 27.4 Å². The fourth-order valence-corrected chi connectivity index (χ4v) is 6.73. The van der Waals surface area contributed by atoms with Crippen LogP contribution in [0.3, 0.4) is 0 Å². The molecule has 3 aliphatic rings. The van der Waals surface area contributed by atoms with E-state index in [0.29, 0.717) is 11.3 Å². The number of urea groups is 1. The average molecular weight is 578 g/mol. The van der Waals surface area contributed by atoms with Crippen LogP contribution in [0.15, 0.2) is 35.3 Å². The van der Waals surface area contributed by atoms with Gasteiger partial charge in [-0.15, -0.1) is 8.78 Å². The third kappa shape index (κ3) is 5.08. The molecule has 2 aromatic carbocycles. The van der Waals surface area contributed by atoms with Crippen molar-refractivity contribution < 1.29 is 36.3 Å². The summed E-state index contributed by atoms with van der Waals surface area (Å²) >= 11 is 0. The van der Waals surface area contributed by atoms with E-state index >= 15 is 0 Å². The Balaban J connectivity index is 1.25. The second-order valence-electron chi connectivity index (χ2n) is 10.2. The Morgan fingerprint density at radius 2 is 1.75 bits per heavy atom. The first-order chi connectivity index (χ1) is 18.7. The molecule has 40 heavy (non-hydrogen) atoms. The number of nitrogens with two attached hydrogens (primary N) is 1. The van der Waals surface area contributed by atoms with Crippen LogP contribution in [-0.4, -0.2) is 68.2 Å². The Bertz CT molecular complexity index is 1510. The van der Waals surface area contributed by atoms with E-state index in [2.05, 4.69) is 19.8 Å². The lowest BCUT2D eigenvalue weighted by Crippen LogP contribution is -2.50. The van der Waals surface area contributed by atoms with Crippen molar-refractivity contribution in [3.05, 3.63) is 52.6 Å². The van der Waals surface area contributed by atoms with Gasteiger partial charge in [-0.3, -0.25) is 14.7 Å². The first-order valence-corrected chi connectivity index (χ1v) is 14.2. The van der Waals surface area contributed by atoms with Crippen LogP contribution >= 0.6 is 0 Å². The molecule has 0 saturated carbocycles. The summed E-state index contributed by atoms with van der Waals surface area (Å²) in [6, 6.07) is 7.12. The van der Waals surface area contributed by atoms with E-state index in [1.807, 2.05) is 13.8 Å². The van der Waals surface area contributed by atoms with Crippen LogP contribution < -0.4 is 25.4 Å². The van der Waals surface area contributed by atoms with Gasteiger partial charge in [0.2, 0.25) is 10.0 Å². The number of amides is 3. The molecule has 3 amide bonds. The number of rotatable bonds is 6. The molecule has 0 unspecified atom stereocenters. The van der Waals surface area contributed by atoms with Gasteiger partial charge in [0, 0.05) is 31.4 Å². The molecule has 0 aromatic heterocycles. The minimum atomic E-state index is -3.76. The highest BCUT2D eigenvalue weighted by molar-refractivity contribution is 7.89. The molecule has 3 N–H and O–H groups in total. The Hall–Kier alpha value is -3.78. The highest BCUT2D eigenvalue weighted by atomic mass is 32.2. The zero-order chi connectivity index (χ0) is 29.0. The van der Waals surface area contributed by atoms with Crippen LogP contribution in [0.1, 0.15) is 35.1 Å². The van der Waals surface area contributed by atoms with Crippen molar-refractivity contribution in [3.8, 4) is 11.5 Å².